The molecule has 0 bridgehead atoms. The van der Waals surface area contributed by atoms with Gasteiger partial charge in [-0.2, -0.15) is 0 Å². The number of hydrogen-bond acceptors (Lipinski definition) is 35. The summed E-state index contributed by atoms with van der Waals surface area (Å²) in [5, 5.41) is 125. The van der Waals surface area contributed by atoms with Gasteiger partial charge in [0.05, 0.1) is 89.4 Å². The smallest absolute Gasteiger partial charge is 0.314 e. The standard InChI is InChI=1S/C24H29FN6O4S2.C22H26FN5O4S2.C8H7FO2.C8H12N6S2.C8H14O4.C5H10O4/c1-23(2)34-13-24(3,14-35-23)20(33)27-22-31-29-19(37-22)10-5-4-9-18-28-30-21(36-18)26-17(32)12-15-7-6-8-16(25)11-15;1-22(12-29,13-30)16(31)11-20-27-25-18(33-20)7-2-3-8-19-26-28-21(34-19)24-17(32)10-14-5-4-6-15(23)9-14;9-7-3-1-2-6(4-7)5-8(10)11;9-7-13-11-5(15-7)3-1-2-4-6-12-14-8(10)16-6;1-7(2)11-4-8(3,5-12-7)6(9)10;1-5(2-6,3-7)4(8)9/h6-8,11H,4-5,9-10,12-14H2,1-3H3,(H,26,30,32)(H,27,31,33);4-6,9,29-30H,2-3,7-8,10-13H2,1H3,(H,24,28,32);1-4H,5H2,(H,10,11);1-4H2,(H2,9,13)(H2,10,14);4-5H2,1-3H3,(H,9,10);6-7H,2-3H2,1H3,(H,8,9). The van der Waals surface area contributed by atoms with Gasteiger partial charge in [0.2, 0.25) is 43.4 Å². The number of rotatable bonds is 34. The van der Waals surface area contributed by atoms with Gasteiger partial charge in [-0.1, -0.05) is 93.1 Å². The van der Waals surface area contributed by atoms with Crippen LogP contribution in [-0.2, 0) is 117 Å². The van der Waals surface area contributed by atoms with Crippen molar-refractivity contribution in [3.8, 4) is 0 Å². The van der Waals surface area contributed by atoms with Crippen molar-refractivity contribution < 1.29 is 101 Å². The molecule has 0 aliphatic carbocycles. The van der Waals surface area contributed by atoms with Crippen molar-refractivity contribution in [2.75, 3.05) is 80.3 Å². The van der Waals surface area contributed by atoms with Crippen LogP contribution in [0.2, 0.25) is 0 Å². The number of nitrogens with two attached hydrogens (primary N) is 2. The van der Waals surface area contributed by atoms with Crippen LogP contribution in [0.1, 0.15) is 146 Å². The van der Waals surface area contributed by atoms with E-state index < -0.39 is 83.4 Å². The van der Waals surface area contributed by atoms with E-state index in [9.17, 15) is 56.9 Å². The number of aliphatic carboxylic acids is 3. The molecular weight excluding hydrogens is 1680 g/mol. The molecule has 648 valence electrons. The first-order valence-corrected chi connectivity index (χ1v) is 42.0. The molecule has 14 N–H and O–H groups in total. The van der Waals surface area contributed by atoms with Crippen LogP contribution < -0.4 is 27.4 Å². The highest BCUT2D eigenvalue weighted by Gasteiger charge is 2.44. The van der Waals surface area contributed by atoms with Gasteiger partial charge in [-0.05, 0) is 147 Å². The SMILES string of the molecule is CC(CO)(CO)C(=O)Cc1nnc(CCCCc2nnc(NC(=O)Cc3cccc(F)c3)s2)s1.CC(CO)(CO)C(=O)O.CC1(C)OCC(C)(C(=O)Nc2nnc(CCCCc3nnc(NC(=O)Cc4cccc(F)c4)s3)s2)CO1.CC1(C)OCC(C)(C(=O)O)CO1.Nc1nnc(CCCCc2nnc(N)s2)s1.O=C(O)Cc1cccc(F)c1. The van der Waals surface area contributed by atoms with E-state index in [4.69, 9.17) is 55.9 Å². The van der Waals surface area contributed by atoms with Gasteiger partial charge in [0, 0.05) is 38.5 Å². The Morgan fingerprint density at radius 2 is 0.723 bits per heavy atom. The molecule has 9 aromatic rings. The lowest BCUT2D eigenvalue weighted by Crippen LogP contribution is -2.50. The summed E-state index contributed by atoms with van der Waals surface area (Å²) in [4.78, 5) is 80.3. The lowest BCUT2D eigenvalue weighted by molar-refractivity contribution is -0.280. The van der Waals surface area contributed by atoms with Crippen molar-refractivity contribution in [1.82, 2.24) is 61.2 Å². The van der Waals surface area contributed by atoms with Crippen molar-refractivity contribution in [3.63, 3.8) is 0 Å². The lowest BCUT2D eigenvalue weighted by atomic mass is 9.86. The van der Waals surface area contributed by atoms with Crippen LogP contribution in [0.25, 0.3) is 0 Å². The van der Waals surface area contributed by atoms with Gasteiger partial charge in [0.1, 0.15) is 69.1 Å². The maximum atomic E-state index is 13.3. The Balaban J connectivity index is 0.000000241. The Bertz CT molecular complexity index is 4670. The number of amides is 3. The van der Waals surface area contributed by atoms with Gasteiger partial charge >= 0.3 is 17.9 Å². The molecule has 8 heterocycles. The van der Waals surface area contributed by atoms with E-state index in [0.717, 1.165) is 87.8 Å². The number of nitrogen functional groups attached to an aromatic ring is 2. The van der Waals surface area contributed by atoms with Gasteiger partial charge in [0.15, 0.2) is 11.6 Å². The number of nitrogens with zero attached hydrogens (tertiary/aromatic N) is 12. The summed E-state index contributed by atoms with van der Waals surface area (Å²) < 4.78 is 60.7. The molecule has 2 aliphatic heterocycles. The number of carboxylic acids is 3. The largest absolute Gasteiger partial charge is 0.481 e. The van der Waals surface area contributed by atoms with Crippen LogP contribution in [0, 0.1) is 39.1 Å². The van der Waals surface area contributed by atoms with Gasteiger partial charge < -0.3 is 76.8 Å². The first kappa shape index (κ1) is 98.4. The van der Waals surface area contributed by atoms with Crippen molar-refractivity contribution in [2.24, 2.45) is 21.7 Å². The molecule has 2 saturated heterocycles. The number of benzene rings is 3. The second-order valence-corrected chi connectivity index (χ2v) is 35.7. The molecule has 2 aliphatic rings. The molecular formula is C75H98F3N17O18S6. The third kappa shape index (κ3) is 35.1. The number of aryl methyl sites for hydroxylation is 6. The number of ketones is 1. The van der Waals surface area contributed by atoms with Crippen LogP contribution in [0.15, 0.2) is 72.8 Å². The highest BCUT2D eigenvalue weighted by Crippen LogP contribution is 2.33. The minimum absolute atomic E-state index is 0.0355. The Morgan fingerprint density at radius 3 is 1.03 bits per heavy atom. The third-order valence-corrected chi connectivity index (χ3v) is 22.7. The monoisotopic (exact) mass is 1770 g/mol. The van der Waals surface area contributed by atoms with Gasteiger partial charge in [-0.25, -0.2) is 13.2 Å². The van der Waals surface area contributed by atoms with Crippen LogP contribution in [0.4, 0.5) is 38.8 Å². The molecule has 0 atom stereocenters. The number of aliphatic hydroxyl groups is 4. The number of carboxylic acid groups (broad SMARTS) is 3. The topological polar surface area (TPSA) is 541 Å². The first-order chi connectivity index (χ1) is 56.2. The summed E-state index contributed by atoms with van der Waals surface area (Å²) in [6, 6.07) is 17.4. The van der Waals surface area contributed by atoms with Crippen LogP contribution in [-0.4, -0.2) is 203 Å². The second kappa shape index (κ2) is 47.5. The number of Topliss-reactive ketones (excluding diaryl/α,β-unsaturated/α-hetero) is 1. The number of unbranched alkanes of at least 4 members (excludes halogenated alkanes) is 3. The van der Waals surface area contributed by atoms with Crippen molar-refractivity contribution in [1.29, 1.82) is 0 Å². The van der Waals surface area contributed by atoms with Crippen molar-refractivity contribution in [3.05, 3.63) is 142 Å². The minimum atomic E-state index is -1.39. The van der Waals surface area contributed by atoms with E-state index >= 15 is 0 Å². The Hall–Kier alpha value is -9.42. The summed E-state index contributed by atoms with van der Waals surface area (Å²) >= 11 is 8.23. The number of halogens is 3. The van der Waals surface area contributed by atoms with Crippen LogP contribution >= 0.6 is 68.0 Å². The van der Waals surface area contributed by atoms with Crippen molar-refractivity contribution in [2.45, 2.75) is 170 Å². The molecule has 0 spiro atoms. The Kier molecular flexibility index (Phi) is 39.3. The molecule has 3 amide bonds. The first-order valence-electron chi connectivity index (χ1n) is 37.1. The molecule has 2 fully saturated rings. The average molecular weight is 1780 g/mol. The summed E-state index contributed by atoms with van der Waals surface area (Å²) in [6.45, 7) is 12.4. The number of anilines is 5. The third-order valence-electron chi connectivity index (χ3n) is 17.3. The van der Waals surface area contributed by atoms with Gasteiger partial charge in [0.25, 0.3) is 0 Å². The lowest BCUT2D eigenvalue weighted by Gasteiger charge is -2.40. The number of aliphatic hydroxyl groups excluding tert-OH is 4. The quantitative estimate of drug-likeness (QED) is 0.0167. The van der Waals surface area contributed by atoms with E-state index in [-0.39, 0.29) is 87.3 Å². The number of ether oxygens (including phenoxy) is 4. The number of aromatic nitrogens is 12. The molecule has 35 nitrogen and oxygen atoms in total. The summed E-state index contributed by atoms with van der Waals surface area (Å²) in [6.07, 6.45) is 10.2. The number of nitrogens with one attached hydrogen (secondary N) is 3. The van der Waals surface area contributed by atoms with Crippen molar-refractivity contribution >= 4 is 135 Å². The highest BCUT2D eigenvalue weighted by atomic mass is 32.1. The normalized spacial score (nSPS) is 14.2. The van der Waals surface area contributed by atoms with Gasteiger partial charge in [-0.3, -0.25) is 38.9 Å². The zero-order valence-electron chi connectivity index (χ0n) is 66.6. The number of hydrogen-bond donors (Lipinski definition) is 12. The molecule has 0 unspecified atom stereocenters. The highest BCUT2D eigenvalue weighted by molar-refractivity contribution is 7.16. The molecule has 0 radical (unpaired) electrons. The minimum Gasteiger partial charge on any atom is -0.481 e. The zero-order valence-corrected chi connectivity index (χ0v) is 71.5. The average Bonchev–Trinajstić information content (AvgIpc) is 1.76. The number of carbonyl (C=O) groups excluding carboxylic acids is 4. The Morgan fingerprint density at radius 1 is 0.412 bits per heavy atom. The van der Waals surface area contributed by atoms with E-state index in [2.05, 4.69) is 77.1 Å². The summed E-state index contributed by atoms with van der Waals surface area (Å²) in [7, 11) is 0. The van der Waals surface area contributed by atoms with E-state index in [1.165, 1.54) is 124 Å². The zero-order chi connectivity index (χ0) is 87.6. The number of carbonyl (C=O) groups is 7. The molecule has 44 heteroatoms. The Labute approximate surface area is 707 Å². The van der Waals surface area contributed by atoms with E-state index in [0.29, 0.717) is 66.6 Å². The predicted octanol–water partition coefficient (Wildman–Crippen LogP) is 8.88. The predicted molar refractivity (Wildman–Crippen MR) is 439 cm³/mol. The second-order valence-electron chi connectivity index (χ2n) is 29.2. The fraction of sp³-hybridized carbons (Fsp3) is 0.507. The maximum Gasteiger partial charge on any atom is 0.314 e. The van der Waals surface area contributed by atoms with E-state index in [1.807, 2.05) is 13.8 Å². The molecule has 119 heavy (non-hydrogen) atoms. The summed E-state index contributed by atoms with van der Waals surface area (Å²) in [5.74, 6) is -6.53. The molecule has 6 aromatic heterocycles. The van der Waals surface area contributed by atoms with E-state index in [1.54, 1.807) is 58.0 Å². The molecule has 3 aromatic carbocycles. The molecule has 11 rings (SSSR count). The maximum absolute atomic E-state index is 13.3. The van der Waals surface area contributed by atoms with Crippen LogP contribution in [0.5, 0.6) is 0 Å². The summed E-state index contributed by atoms with van der Waals surface area (Å²) in [5.41, 5.74) is 8.40. The molecule has 0 saturated carbocycles. The fourth-order valence-corrected chi connectivity index (χ4v) is 14.2. The van der Waals surface area contributed by atoms with Gasteiger partial charge in [-0.15, -0.1) is 72.5 Å². The van der Waals surface area contributed by atoms with Crippen LogP contribution in [0.3, 0.4) is 0 Å². The fourth-order valence-electron chi connectivity index (χ4n) is 9.65.